The van der Waals surface area contributed by atoms with Crippen LogP contribution in [-0.2, 0) is 0 Å². The van der Waals surface area contributed by atoms with Crippen LogP contribution in [0.2, 0.25) is 0 Å². The van der Waals surface area contributed by atoms with E-state index in [0.717, 1.165) is 13.0 Å². The van der Waals surface area contributed by atoms with E-state index in [0.29, 0.717) is 24.5 Å². The number of nitrogens with zero attached hydrogens (tertiary/aromatic N) is 5. The molecule has 120 valence electrons. The number of likely N-dealkylation sites (N-methyl/N-ethyl adjacent to an activating group) is 1. The number of hydrogen-bond acceptors (Lipinski definition) is 7. The van der Waals surface area contributed by atoms with Crippen LogP contribution < -0.4 is 15.0 Å². The molecule has 1 aromatic rings. The first-order valence-corrected chi connectivity index (χ1v) is 7.23. The summed E-state index contributed by atoms with van der Waals surface area (Å²) in [6.07, 6.45) is 1.01. The van der Waals surface area contributed by atoms with Gasteiger partial charge in [-0.15, -0.1) is 0 Å². The largest absolute Gasteiger partial charge is 0.461 e. The van der Waals surface area contributed by atoms with Crippen molar-refractivity contribution in [2.24, 2.45) is 0 Å². The molecule has 0 aliphatic carbocycles. The Morgan fingerprint density at radius 3 is 2.29 bits per heavy atom. The van der Waals surface area contributed by atoms with Crippen LogP contribution in [0.4, 0.5) is 11.9 Å². The first-order valence-electron chi connectivity index (χ1n) is 7.23. The Kier molecular flexibility index (Phi) is 6.14. The highest BCUT2D eigenvalue weighted by molar-refractivity contribution is 5.36. The van der Waals surface area contributed by atoms with E-state index >= 15 is 0 Å². The molecule has 0 amide bonds. The second kappa shape index (κ2) is 7.40. The lowest BCUT2D eigenvalue weighted by Crippen LogP contribution is -2.43. The molecule has 1 aromatic heterocycles. The molecule has 7 nitrogen and oxygen atoms in total. The average molecular weight is 296 g/mol. The van der Waals surface area contributed by atoms with Crippen LogP contribution in [0.15, 0.2) is 0 Å². The van der Waals surface area contributed by atoms with E-state index in [1.165, 1.54) is 0 Å². The standard InChI is InChI=1S/C14H28N6O/c1-8-9-15-11-16-12(19(4)5)18-13(17-11)21-10-14(2,3)20(6)7/h8-10H2,1-7H3,(H,15,16,17,18). The minimum absolute atomic E-state index is 0.0953. The molecule has 0 bridgehead atoms. The fraction of sp³-hybridized carbons (Fsp3) is 0.786. The molecule has 0 aliphatic heterocycles. The smallest absolute Gasteiger partial charge is 0.323 e. The van der Waals surface area contributed by atoms with Gasteiger partial charge < -0.3 is 19.9 Å². The quantitative estimate of drug-likeness (QED) is 0.779. The van der Waals surface area contributed by atoms with Crippen molar-refractivity contribution in [1.29, 1.82) is 0 Å². The normalized spacial score (nSPS) is 11.6. The first-order chi connectivity index (χ1) is 9.76. The van der Waals surface area contributed by atoms with Crippen LogP contribution in [0, 0.1) is 0 Å². The Morgan fingerprint density at radius 2 is 1.76 bits per heavy atom. The van der Waals surface area contributed by atoms with Crippen molar-refractivity contribution < 1.29 is 4.74 Å². The third kappa shape index (κ3) is 5.34. The fourth-order valence-electron chi connectivity index (χ4n) is 1.30. The molecule has 7 heteroatoms. The third-order valence-corrected chi connectivity index (χ3v) is 3.30. The van der Waals surface area contributed by atoms with Gasteiger partial charge in [-0.3, -0.25) is 0 Å². The maximum Gasteiger partial charge on any atom is 0.323 e. The van der Waals surface area contributed by atoms with Gasteiger partial charge in [0.25, 0.3) is 0 Å². The molecule has 0 atom stereocenters. The highest BCUT2D eigenvalue weighted by atomic mass is 16.5. The predicted octanol–water partition coefficient (Wildman–Crippen LogP) is 1.48. The molecule has 1 heterocycles. The van der Waals surface area contributed by atoms with Crippen LogP contribution in [0.3, 0.4) is 0 Å². The minimum Gasteiger partial charge on any atom is -0.461 e. The van der Waals surface area contributed by atoms with Crippen LogP contribution in [0.1, 0.15) is 27.2 Å². The molecule has 0 spiro atoms. The topological polar surface area (TPSA) is 66.4 Å². The van der Waals surface area contributed by atoms with Gasteiger partial charge in [-0.1, -0.05) is 6.92 Å². The molecule has 1 rings (SSSR count). The van der Waals surface area contributed by atoms with E-state index < -0.39 is 0 Å². The van der Waals surface area contributed by atoms with Crippen LogP contribution >= 0.6 is 0 Å². The number of hydrogen-bond donors (Lipinski definition) is 1. The summed E-state index contributed by atoms with van der Waals surface area (Å²) in [7, 11) is 7.84. The van der Waals surface area contributed by atoms with Gasteiger partial charge >= 0.3 is 6.01 Å². The molecule has 0 aromatic carbocycles. The van der Waals surface area contributed by atoms with Gasteiger partial charge in [-0.2, -0.15) is 15.0 Å². The SMILES string of the molecule is CCCNc1nc(OCC(C)(C)N(C)C)nc(N(C)C)n1. The molecule has 0 radical (unpaired) electrons. The van der Waals surface area contributed by atoms with Gasteiger partial charge in [-0.05, 0) is 34.4 Å². The van der Waals surface area contributed by atoms with Gasteiger partial charge in [0.15, 0.2) is 0 Å². The lowest BCUT2D eigenvalue weighted by atomic mass is 10.1. The molecule has 0 saturated heterocycles. The van der Waals surface area contributed by atoms with Crippen molar-refractivity contribution in [3.05, 3.63) is 0 Å². The lowest BCUT2D eigenvalue weighted by Gasteiger charge is -2.31. The Bertz CT molecular complexity index is 447. The summed E-state index contributed by atoms with van der Waals surface area (Å²) in [6.45, 7) is 7.64. The van der Waals surface area contributed by atoms with Gasteiger partial charge in [0.05, 0.1) is 0 Å². The Morgan fingerprint density at radius 1 is 1.10 bits per heavy atom. The maximum absolute atomic E-state index is 5.77. The monoisotopic (exact) mass is 296 g/mol. The Labute approximate surface area is 127 Å². The highest BCUT2D eigenvalue weighted by Crippen LogP contribution is 2.16. The van der Waals surface area contributed by atoms with E-state index in [-0.39, 0.29) is 5.54 Å². The zero-order valence-electron chi connectivity index (χ0n) is 14.3. The summed E-state index contributed by atoms with van der Waals surface area (Å²) >= 11 is 0. The molecule has 0 fully saturated rings. The highest BCUT2D eigenvalue weighted by Gasteiger charge is 2.22. The summed E-state index contributed by atoms with van der Waals surface area (Å²) in [6, 6.07) is 0.349. The van der Waals surface area contributed by atoms with Crippen molar-refractivity contribution in [2.75, 3.05) is 51.6 Å². The van der Waals surface area contributed by atoms with Gasteiger partial charge in [0.2, 0.25) is 11.9 Å². The van der Waals surface area contributed by atoms with Crippen molar-refractivity contribution in [3.63, 3.8) is 0 Å². The molecular weight excluding hydrogens is 268 g/mol. The average Bonchev–Trinajstić information content (AvgIpc) is 2.42. The number of ether oxygens (including phenoxy) is 1. The lowest BCUT2D eigenvalue weighted by molar-refractivity contribution is 0.108. The predicted molar refractivity (Wildman–Crippen MR) is 86.2 cm³/mol. The van der Waals surface area contributed by atoms with E-state index in [9.17, 15) is 0 Å². The number of anilines is 2. The van der Waals surface area contributed by atoms with Crippen molar-refractivity contribution >= 4 is 11.9 Å². The summed E-state index contributed by atoms with van der Waals surface area (Å²) < 4.78 is 5.77. The molecule has 21 heavy (non-hydrogen) atoms. The minimum atomic E-state index is -0.0953. The fourth-order valence-corrected chi connectivity index (χ4v) is 1.30. The molecular formula is C14H28N6O. The molecule has 1 N–H and O–H groups in total. The number of nitrogens with one attached hydrogen (secondary N) is 1. The molecule has 0 aliphatic rings. The van der Waals surface area contributed by atoms with E-state index in [2.05, 4.69) is 45.9 Å². The van der Waals surface area contributed by atoms with Gasteiger partial charge in [-0.25, -0.2) is 0 Å². The zero-order chi connectivity index (χ0) is 16.0. The number of rotatable bonds is 8. The summed E-state index contributed by atoms with van der Waals surface area (Å²) in [5.41, 5.74) is -0.0953. The summed E-state index contributed by atoms with van der Waals surface area (Å²) in [4.78, 5) is 16.9. The van der Waals surface area contributed by atoms with Gasteiger partial charge in [0.1, 0.15) is 6.61 Å². The number of aromatic nitrogens is 3. The van der Waals surface area contributed by atoms with Crippen molar-refractivity contribution in [2.45, 2.75) is 32.7 Å². The second-order valence-corrected chi connectivity index (χ2v) is 6.06. The van der Waals surface area contributed by atoms with E-state index in [1.807, 2.05) is 33.1 Å². The maximum atomic E-state index is 5.77. The zero-order valence-corrected chi connectivity index (χ0v) is 14.3. The van der Waals surface area contributed by atoms with E-state index in [4.69, 9.17) is 4.74 Å². The molecule has 0 saturated carbocycles. The third-order valence-electron chi connectivity index (χ3n) is 3.30. The van der Waals surface area contributed by atoms with Crippen LogP contribution in [0.5, 0.6) is 6.01 Å². The Hall–Kier alpha value is -1.63. The second-order valence-electron chi connectivity index (χ2n) is 6.06. The first kappa shape index (κ1) is 17.4. The summed E-state index contributed by atoms with van der Waals surface area (Å²) in [5, 5.41) is 3.17. The van der Waals surface area contributed by atoms with Crippen LogP contribution in [-0.4, -0.2) is 66.7 Å². The van der Waals surface area contributed by atoms with E-state index in [1.54, 1.807) is 0 Å². The van der Waals surface area contributed by atoms with Crippen molar-refractivity contribution in [1.82, 2.24) is 19.9 Å². The van der Waals surface area contributed by atoms with Crippen molar-refractivity contribution in [3.8, 4) is 6.01 Å². The van der Waals surface area contributed by atoms with Crippen LogP contribution in [0.25, 0.3) is 0 Å². The van der Waals surface area contributed by atoms with Gasteiger partial charge in [0, 0.05) is 26.2 Å². The molecule has 0 unspecified atom stereocenters. The summed E-state index contributed by atoms with van der Waals surface area (Å²) in [5.74, 6) is 1.13. The Balaban J connectivity index is 2.87.